The fourth-order valence-corrected chi connectivity index (χ4v) is 1.88. The van der Waals surface area contributed by atoms with Gasteiger partial charge in [-0.3, -0.25) is 0 Å². The molecule has 0 atom stereocenters. The summed E-state index contributed by atoms with van der Waals surface area (Å²) in [6, 6.07) is 7.86. The number of anilines is 1. The van der Waals surface area contributed by atoms with Gasteiger partial charge in [0.05, 0.1) is 0 Å². The molecular weight excluding hydrogens is 252 g/mol. The normalized spacial score (nSPS) is 10.7. The van der Waals surface area contributed by atoms with Crippen LogP contribution in [0.25, 0.3) is 17.3 Å². The van der Waals surface area contributed by atoms with Crippen LogP contribution in [-0.4, -0.2) is 24.7 Å². The predicted molar refractivity (Wildman–Crippen MR) is 76.3 cm³/mol. The van der Waals surface area contributed by atoms with Crippen molar-refractivity contribution in [2.75, 3.05) is 5.73 Å². The minimum Gasteiger partial charge on any atom is -0.368 e. The molecule has 0 radical (unpaired) electrons. The van der Waals surface area contributed by atoms with Crippen LogP contribution in [0.15, 0.2) is 36.7 Å². The lowest BCUT2D eigenvalue weighted by atomic mass is 10.1. The van der Waals surface area contributed by atoms with E-state index in [0.29, 0.717) is 11.8 Å². The number of aromatic nitrogens is 5. The van der Waals surface area contributed by atoms with Crippen molar-refractivity contribution in [2.24, 2.45) is 0 Å². The monoisotopic (exact) mass is 266 g/mol. The molecule has 0 aliphatic rings. The minimum absolute atomic E-state index is 0.179. The molecule has 6 heteroatoms. The zero-order valence-corrected chi connectivity index (χ0v) is 11.3. The molecule has 20 heavy (non-hydrogen) atoms. The van der Waals surface area contributed by atoms with Gasteiger partial charge in [-0.2, -0.15) is 20.1 Å². The molecule has 0 saturated heterocycles. The summed E-state index contributed by atoms with van der Waals surface area (Å²) >= 11 is 0. The van der Waals surface area contributed by atoms with Crippen molar-refractivity contribution in [3.63, 3.8) is 0 Å². The summed E-state index contributed by atoms with van der Waals surface area (Å²) in [6.45, 7) is 4.12. The topological polar surface area (TPSA) is 82.5 Å². The van der Waals surface area contributed by atoms with Gasteiger partial charge in [-0.05, 0) is 37.1 Å². The van der Waals surface area contributed by atoms with E-state index in [4.69, 9.17) is 5.73 Å². The number of nitrogen functional groups attached to an aromatic ring is 1. The Morgan fingerprint density at radius 2 is 1.90 bits per heavy atom. The van der Waals surface area contributed by atoms with Crippen LogP contribution in [0.4, 0.5) is 5.95 Å². The summed E-state index contributed by atoms with van der Waals surface area (Å²) in [5.74, 6) is 1.14. The van der Waals surface area contributed by atoms with Gasteiger partial charge in [0.25, 0.3) is 5.95 Å². The summed E-state index contributed by atoms with van der Waals surface area (Å²) in [5, 5.41) is 4.10. The first-order chi connectivity index (χ1) is 9.63. The molecule has 1 aromatic carbocycles. The highest BCUT2D eigenvalue weighted by Gasteiger charge is 2.09. The quantitative estimate of drug-likeness (QED) is 0.766. The first-order valence-corrected chi connectivity index (χ1v) is 6.23. The second-order valence-electron chi connectivity index (χ2n) is 4.57. The number of aryl methyl sites for hydroxylation is 2. The maximum Gasteiger partial charge on any atom is 0.255 e. The van der Waals surface area contributed by atoms with E-state index in [9.17, 15) is 0 Å². The number of hydrogen-bond acceptors (Lipinski definition) is 5. The number of nitrogens with two attached hydrogens (primary N) is 1. The highest BCUT2D eigenvalue weighted by Crippen LogP contribution is 2.19. The van der Waals surface area contributed by atoms with Gasteiger partial charge in [-0.15, -0.1) is 0 Å². The molecular formula is C14H14N6. The zero-order chi connectivity index (χ0) is 14.1. The van der Waals surface area contributed by atoms with Crippen molar-refractivity contribution in [1.29, 1.82) is 0 Å². The van der Waals surface area contributed by atoms with E-state index in [2.05, 4.69) is 33.9 Å². The number of nitrogens with zero attached hydrogens (tertiary/aromatic N) is 5. The smallest absolute Gasteiger partial charge is 0.255 e. The van der Waals surface area contributed by atoms with Crippen LogP contribution in [0, 0.1) is 13.8 Å². The van der Waals surface area contributed by atoms with E-state index >= 15 is 0 Å². The Bertz CT molecular complexity index is 748. The van der Waals surface area contributed by atoms with Gasteiger partial charge in [-0.1, -0.05) is 12.1 Å². The van der Waals surface area contributed by atoms with Crippen LogP contribution in [0.5, 0.6) is 0 Å². The first kappa shape index (κ1) is 12.3. The fraction of sp³-hybridized carbons (Fsp3) is 0.143. The molecule has 0 unspecified atom stereocenters. The molecule has 0 fully saturated rings. The van der Waals surface area contributed by atoms with Crippen molar-refractivity contribution in [1.82, 2.24) is 24.7 Å². The van der Waals surface area contributed by atoms with Crippen LogP contribution >= 0.6 is 0 Å². The van der Waals surface area contributed by atoms with Crippen molar-refractivity contribution < 1.29 is 0 Å². The molecule has 6 nitrogen and oxygen atoms in total. The van der Waals surface area contributed by atoms with Gasteiger partial charge in [-0.25, -0.2) is 4.68 Å². The van der Waals surface area contributed by atoms with E-state index in [1.54, 1.807) is 23.1 Å². The van der Waals surface area contributed by atoms with Crippen LogP contribution in [0.2, 0.25) is 0 Å². The van der Waals surface area contributed by atoms with Crippen molar-refractivity contribution in [3.8, 4) is 17.3 Å². The lowest BCUT2D eigenvalue weighted by Gasteiger charge is -2.06. The Balaban J connectivity index is 2.12. The molecule has 2 N–H and O–H groups in total. The molecule has 100 valence electrons. The third kappa shape index (κ3) is 2.23. The third-order valence-corrected chi connectivity index (χ3v) is 3.12. The average molecular weight is 266 g/mol. The molecule has 2 aromatic heterocycles. The summed E-state index contributed by atoms with van der Waals surface area (Å²) in [6.07, 6.45) is 3.43. The van der Waals surface area contributed by atoms with Gasteiger partial charge >= 0.3 is 0 Å². The van der Waals surface area contributed by atoms with Gasteiger partial charge in [0.2, 0.25) is 5.95 Å². The van der Waals surface area contributed by atoms with E-state index in [1.165, 1.54) is 11.1 Å². The molecule has 0 spiro atoms. The Morgan fingerprint density at radius 1 is 1.05 bits per heavy atom. The van der Waals surface area contributed by atoms with Gasteiger partial charge in [0, 0.05) is 18.0 Å². The zero-order valence-electron chi connectivity index (χ0n) is 11.3. The van der Waals surface area contributed by atoms with Crippen LogP contribution in [0.3, 0.4) is 0 Å². The summed E-state index contributed by atoms with van der Waals surface area (Å²) < 4.78 is 1.56. The molecule has 0 saturated carbocycles. The maximum atomic E-state index is 5.77. The molecule has 0 bridgehead atoms. The lowest BCUT2D eigenvalue weighted by molar-refractivity contribution is 0.801. The van der Waals surface area contributed by atoms with Crippen LogP contribution in [-0.2, 0) is 0 Å². The summed E-state index contributed by atoms with van der Waals surface area (Å²) in [5.41, 5.74) is 9.09. The molecule has 2 heterocycles. The van der Waals surface area contributed by atoms with Gasteiger partial charge in [0.15, 0.2) is 5.82 Å². The largest absolute Gasteiger partial charge is 0.368 e. The highest BCUT2D eigenvalue weighted by atomic mass is 15.4. The van der Waals surface area contributed by atoms with E-state index < -0.39 is 0 Å². The third-order valence-electron chi connectivity index (χ3n) is 3.12. The highest BCUT2D eigenvalue weighted by molar-refractivity contribution is 5.58. The molecule has 0 aliphatic carbocycles. The maximum absolute atomic E-state index is 5.77. The number of benzene rings is 1. The molecule has 3 aromatic rings. The van der Waals surface area contributed by atoms with Crippen molar-refractivity contribution in [2.45, 2.75) is 13.8 Å². The Hall–Kier alpha value is -2.76. The van der Waals surface area contributed by atoms with E-state index in [0.717, 1.165) is 5.56 Å². The van der Waals surface area contributed by atoms with Crippen LogP contribution < -0.4 is 5.73 Å². The molecule has 0 aliphatic heterocycles. The second-order valence-corrected chi connectivity index (χ2v) is 4.57. The summed E-state index contributed by atoms with van der Waals surface area (Å²) in [7, 11) is 0. The fourth-order valence-electron chi connectivity index (χ4n) is 1.88. The summed E-state index contributed by atoms with van der Waals surface area (Å²) in [4.78, 5) is 12.7. The van der Waals surface area contributed by atoms with Crippen LogP contribution in [0.1, 0.15) is 11.1 Å². The number of hydrogen-bond donors (Lipinski definition) is 1. The Morgan fingerprint density at radius 3 is 2.60 bits per heavy atom. The predicted octanol–water partition coefficient (Wildman–Crippen LogP) is 1.92. The lowest BCUT2D eigenvalue weighted by Crippen LogP contribution is -2.08. The number of rotatable bonds is 2. The SMILES string of the molecule is Cc1ccc(-c2nc(N)nc(-n3cccn3)n2)cc1C. The standard InChI is InChI=1S/C14H14N6/c1-9-4-5-11(8-10(9)2)12-17-13(15)19-14(18-12)20-7-3-6-16-20/h3-8H,1-2H3,(H2,15,17,18,19). The van der Waals surface area contributed by atoms with Crippen molar-refractivity contribution in [3.05, 3.63) is 47.8 Å². The minimum atomic E-state index is 0.179. The Labute approximate surface area is 116 Å². The average Bonchev–Trinajstić information content (AvgIpc) is 2.95. The molecule has 0 amide bonds. The van der Waals surface area contributed by atoms with Gasteiger partial charge < -0.3 is 5.73 Å². The first-order valence-electron chi connectivity index (χ1n) is 6.23. The molecule has 3 rings (SSSR count). The second kappa shape index (κ2) is 4.73. The van der Waals surface area contributed by atoms with E-state index in [1.807, 2.05) is 18.2 Å². The van der Waals surface area contributed by atoms with E-state index in [-0.39, 0.29) is 5.95 Å². The van der Waals surface area contributed by atoms with Crippen molar-refractivity contribution >= 4 is 5.95 Å². The van der Waals surface area contributed by atoms with Gasteiger partial charge in [0.1, 0.15) is 0 Å². The Kier molecular flexibility index (Phi) is 2.90.